The average Bonchev–Trinajstić information content (AvgIpc) is 3.10. The minimum absolute atomic E-state index is 0.622. The second-order valence-electron chi connectivity index (χ2n) is 6.79. The molecule has 0 aliphatic rings. The summed E-state index contributed by atoms with van der Waals surface area (Å²) in [6.07, 6.45) is 0. The standard InChI is InChI=1S/C23H17BrN4O/c1-14-13-16(24)9-12-20(14)28-22(15-7-10-17(29-2)11-8-15)27-21-23(28)26-19-6-4-3-5-18(19)25-21/h3-13H,1-2H3. The molecule has 0 fully saturated rings. The first kappa shape index (κ1) is 17.8. The Balaban J connectivity index is 1.85. The molecule has 0 spiro atoms. The zero-order valence-electron chi connectivity index (χ0n) is 15.9. The van der Waals surface area contributed by atoms with E-state index in [0.717, 1.165) is 49.5 Å². The summed E-state index contributed by atoms with van der Waals surface area (Å²) in [5.41, 5.74) is 6.14. The first-order valence-electron chi connectivity index (χ1n) is 9.20. The normalized spacial score (nSPS) is 11.3. The highest BCUT2D eigenvalue weighted by molar-refractivity contribution is 9.10. The van der Waals surface area contributed by atoms with Crippen LogP contribution in [-0.2, 0) is 0 Å². The number of methoxy groups -OCH3 is 1. The van der Waals surface area contributed by atoms with Crippen LogP contribution in [-0.4, -0.2) is 26.6 Å². The first-order valence-corrected chi connectivity index (χ1v) is 9.99. The molecular formula is C23H17BrN4O. The Labute approximate surface area is 176 Å². The minimum Gasteiger partial charge on any atom is -0.497 e. The maximum Gasteiger partial charge on any atom is 0.199 e. The Morgan fingerprint density at radius 2 is 1.59 bits per heavy atom. The fourth-order valence-electron chi connectivity index (χ4n) is 3.49. The summed E-state index contributed by atoms with van der Waals surface area (Å²) in [6, 6.07) is 21.9. The van der Waals surface area contributed by atoms with Crippen LogP contribution in [0.1, 0.15) is 5.56 Å². The molecular weight excluding hydrogens is 428 g/mol. The number of fused-ring (bicyclic) bond motifs is 2. The monoisotopic (exact) mass is 444 g/mol. The van der Waals surface area contributed by atoms with Gasteiger partial charge in [0.1, 0.15) is 11.6 Å². The quantitative estimate of drug-likeness (QED) is 0.357. The van der Waals surface area contributed by atoms with Gasteiger partial charge in [-0.25, -0.2) is 15.0 Å². The summed E-state index contributed by atoms with van der Waals surface area (Å²) in [5.74, 6) is 1.60. The van der Waals surface area contributed by atoms with E-state index >= 15 is 0 Å². The molecule has 0 saturated heterocycles. The van der Waals surface area contributed by atoms with Crippen molar-refractivity contribution in [1.29, 1.82) is 0 Å². The molecule has 5 nitrogen and oxygen atoms in total. The summed E-state index contributed by atoms with van der Waals surface area (Å²) in [5, 5.41) is 0. The average molecular weight is 445 g/mol. The molecule has 5 rings (SSSR count). The lowest BCUT2D eigenvalue weighted by Crippen LogP contribution is -2.01. The van der Waals surface area contributed by atoms with E-state index in [2.05, 4.69) is 39.6 Å². The van der Waals surface area contributed by atoms with Crippen molar-refractivity contribution in [1.82, 2.24) is 19.5 Å². The summed E-state index contributed by atoms with van der Waals surface area (Å²) < 4.78 is 8.42. The molecule has 2 aromatic heterocycles. The van der Waals surface area contributed by atoms with Crippen molar-refractivity contribution < 1.29 is 4.74 Å². The van der Waals surface area contributed by atoms with Gasteiger partial charge in [0.2, 0.25) is 0 Å². The van der Waals surface area contributed by atoms with Gasteiger partial charge in [0.15, 0.2) is 11.3 Å². The van der Waals surface area contributed by atoms with E-state index in [1.807, 2.05) is 54.6 Å². The molecule has 5 aromatic rings. The van der Waals surface area contributed by atoms with Gasteiger partial charge in [-0.1, -0.05) is 28.1 Å². The molecule has 0 radical (unpaired) electrons. The lowest BCUT2D eigenvalue weighted by molar-refractivity contribution is 0.415. The number of benzene rings is 3. The molecule has 0 unspecified atom stereocenters. The van der Waals surface area contributed by atoms with Gasteiger partial charge in [0.05, 0.1) is 23.8 Å². The molecule has 142 valence electrons. The van der Waals surface area contributed by atoms with E-state index in [1.165, 1.54) is 0 Å². The van der Waals surface area contributed by atoms with Crippen LogP contribution in [0, 0.1) is 6.92 Å². The third-order valence-corrected chi connectivity index (χ3v) is 5.41. The fourth-order valence-corrected chi connectivity index (χ4v) is 3.96. The number of halogens is 1. The van der Waals surface area contributed by atoms with Crippen molar-refractivity contribution in [2.75, 3.05) is 7.11 Å². The Hall–Kier alpha value is -3.25. The molecule has 29 heavy (non-hydrogen) atoms. The molecule has 0 aliphatic heterocycles. The fraction of sp³-hybridized carbons (Fsp3) is 0.0870. The lowest BCUT2D eigenvalue weighted by Gasteiger charge is -2.12. The Kier molecular flexibility index (Phi) is 4.28. The third-order valence-electron chi connectivity index (χ3n) is 4.92. The molecule has 0 amide bonds. The summed E-state index contributed by atoms with van der Waals surface area (Å²) in [6.45, 7) is 2.08. The SMILES string of the molecule is COc1ccc(-c2nc3nc4ccccc4nc3n2-c2ccc(Br)cc2C)cc1. The van der Waals surface area contributed by atoms with Gasteiger partial charge in [0, 0.05) is 10.0 Å². The minimum atomic E-state index is 0.622. The molecule has 2 heterocycles. The lowest BCUT2D eigenvalue weighted by atomic mass is 10.1. The number of ether oxygens (including phenoxy) is 1. The van der Waals surface area contributed by atoms with Crippen LogP contribution in [0.5, 0.6) is 5.75 Å². The van der Waals surface area contributed by atoms with E-state index < -0.39 is 0 Å². The maximum atomic E-state index is 5.31. The molecule has 0 atom stereocenters. The number of aromatic nitrogens is 4. The van der Waals surface area contributed by atoms with Crippen LogP contribution in [0.25, 0.3) is 39.4 Å². The summed E-state index contributed by atoms with van der Waals surface area (Å²) in [4.78, 5) is 14.5. The first-order chi connectivity index (χ1) is 14.1. The zero-order valence-corrected chi connectivity index (χ0v) is 17.5. The molecule has 0 aliphatic carbocycles. The Morgan fingerprint density at radius 1 is 0.862 bits per heavy atom. The highest BCUT2D eigenvalue weighted by Gasteiger charge is 2.19. The second-order valence-corrected chi connectivity index (χ2v) is 7.71. The molecule has 6 heteroatoms. The van der Waals surface area contributed by atoms with Gasteiger partial charge in [-0.15, -0.1) is 0 Å². The van der Waals surface area contributed by atoms with Gasteiger partial charge in [-0.3, -0.25) is 4.57 Å². The van der Waals surface area contributed by atoms with Gasteiger partial charge in [-0.2, -0.15) is 0 Å². The van der Waals surface area contributed by atoms with Crippen LogP contribution in [0.2, 0.25) is 0 Å². The number of hydrogen-bond donors (Lipinski definition) is 0. The second kappa shape index (κ2) is 6.97. The van der Waals surface area contributed by atoms with Crippen LogP contribution >= 0.6 is 15.9 Å². The van der Waals surface area contributed by atoms with Crippen molar-refractivity contribution in [3.05, 3.63) is 76.8 Å². The smallest absolute Gasteiger partial charge is 0.199 e. The highest BCUT2D eigenvalue weighted by atomic mass is 79.9. The van der Waals surface area contributed by atoms with Gasteiger partial charge < -0.3 is 4.74 Å². The van der Waals surface area contributed by atoms with Crippen LogP contribution < -0.4 is 4.74 Å². The van der Waals surface area contributed by atoms with E-state index in [4.69, 9.17) is 19.7 Å². The molecule has 0 saturated carbocycles. The summed E-state index contributed by atoms with van der Waals surface area (Å²) >= 11 is 3.55. The Morgan fingerprint density at radius 3 is 2.28 bits per heavy atom. The van der Waals surface area contributed by atoms with Crippen molar-refractivity contribution in [3.63, 3.8) is 0 Å². The van der Waals surface area contributed by atoms with Crippen molar-refractivity contribution in [2.24, 2.45) is 0 Å². The van der Waals surface area contributed by atoms with E-state index in [0.29, 0.717) is 5.65 Å². The van der Waals surface area contributed by atoms with Crippen molar-refractivity contribution in [3.8, 4) is 22.8 Å². The topological polar surface area (TPSA) is 52.8 Å². The zero-order chi connectivity index (χ0) is 20.0. The van der Waals surface area contributed by atoms with Crippen molar-refractivity contribution >= 4 is 38.3 Å². The number of nitrogens with zero attached hydrogens (tertiary/aromatic N) is 4. The number of rotatable bonds is 3. The molecule has 0 bridgehead atoms. The predicted octanol–water partition coefficient (Wildman–Crippen LogP) is 5.72. The number of aryl methyl sites for hydroxylation is 1. The maximum absolute atomic E-state index is 5.31. The van der Waals surface area contributed by atoms with E-state index in [9.17, 15) is 0 Å². The highest BCUT2D eigenvalue weighted by Crippen LogP contribution is 2.31. The van der Waals surface area contributed by atoms with Crippen LogP contribution in [0.4, 0.5) is 0 Å². The largest absolute Gasteiger partial charge is 0.497 e. The summed E-state index contributed by atoms with van der Waals surface area (Å²) in [7, 11) is 1.66. The van der Waals surface area contributed by atoms with Gasteiger partial charge in [0.25, 0.3) is 0 Å². The number of para-hydroxylation sites is 2. The Bertz CT molecular complexity index is 1360. The third kappa shape index (κ3) is 3.06. The van der Waals surface area contributed by atoms with E-state index in [1.54, 1.807) is 7.11 Å². The van der Waals surface area contributed by atoms with Crippen molar-refractivity contribution in [2.45, 2.75) is 6.92 Å². The van der Waals surface area contributed by atoms with Gasteiger partial charge in [-0.05, 0) is 67.1 Å². The van der Waals surface area contributed by atoms with E-state index in [-0.39, 0.29) is 0 Å². The molecule has 3 aromatic carbocycles. The van der Waals surface area contributed by atoms with Gasteiger partial charge >= 0.3 is 0 Å². The number of hydrogen-bond acceptors (Lipinski definition) is 4. The predicted molar refractivity (Wildman–Crippen MR) is 119 cm³/mol. The van der Waals surface area contributed by atoms with Crippen LogP contribution in [0.15, 0.2) is 71.2 Å². The van der Waals surface area contributed by atoms with Crippen LogP contribution in [0.3, 0.4) is 0 Å². The molecule has 0 N–H and O–H groups in total. The number of imidazole rings is 1.